The maximum absolute atomic E-state index is 14.3. The Morgan fingerprint density at radius 3 is 2.47 bits per heavy atom. The third kappa shape index (κ3) is 4.85. The molecule has 0 amide bonds. The van der Waals surface area contributed by atoms with Crippen molar-refractivity contribution in [3.05, 3.63) is 72.1 Å². The van der Waals surface area contributed by atoms with E-state index in [4.69, 9.17) is 18.9 Å². The fourth-order valence-electron chi connectivity index (χ4n) is 7.22. The maximum Gasteiger partial charge on any atom is 0.340 e. The van der Waals surface area contributed by atoms with E-state index >= 15 is 0 Å². The van der Waals surface area contributed by atoms with E-state index in [1.54, 1.807) is 44.2 Å². The predicted molar refractivity (Wildman–Crippen MR) is 150 cm³/mol. The van der Waals surface area contributed by atoms with Crippen molar-refractivity contribution in [3.8, 4) is 0 Å². The number of rotatable bonds is 7. The van der Waals surface area contributed by atoms with Gasteiger partial charge in [0.05, 0.1) is 28.8 Å². The molecule has 2 heterocycles. The fourth-order valence-corrected chi connectivity index (χ4v) is 7.22. The Balaban J connectivity index is 1.67. The molecule has 5 rings (SSSR count). The van der Waals surface area contributed by atoms with Crippen molar-refractivity contribution in [2.45, 2.75) is 75.7 Å². The van der Waals surface area contributed by atoms with E-state index < -0.39 is 76.7 Å². The van der Waals surface area contributed by atoms with E-state index in [0.717, 1.165) is 12.5 Å². The van der Waals surface area contributed by atoms with Crippen molar-refractivity contribution in [2.24, 2.45) is 11.3 Å². The third-order valence-electron chi connectivity index (χ3n) is 9.00. The van der Waals surface area contributed by atoms with Crippen molar-refractivity contribution in [1.29, 1.82) is 0 Å². The van der Waals surface area contributed by atoms with Crippen LogP contribution in [0.25, 0.3) is 6.08 Å². The van der Waals surface area contributed by atoms with Gasteiger partial charge in [-0.1, -0.05) is 30.3 Å². The van der Waals surface area contributed by atoms with Gasteiger partial charge in [0.1, 0.15) is 23.7 Å². The fraction of sp³-hybridized carbons (Fsp3) is 0.469. The third-order valence-corrected chi connectivity index (χ3v) is 9.00. The van der Waals surface area contributed by atoms with Gasteiger partial charge in [0, 0.05) is 25.4 Å². The highest BCUT2D eigenvalue weighted by molar-refractivity contribution is 5.96. The molecule has 1 spiro atoms. The van der Waals surface area contributed by atoms with Crippen LogP contribution in [-0.4, -0.2) is 80.6 Å². The van der Waals surface area contributed by atoms with Crippen LogP contribution in [0.4, 0.5) is 0 Å². The number of aliphatic hydroxyl groups excluding tert-OH is 1. The van der Waals surface area contributed by atoms with E-state index in [1.165, 1.54) is 37.5 Å². The summed E-state index contributed by atoms with van der Waals surface area (Å²) in [5.41, 5.74) is -6.55. The molecule has 3 aliphatic rings. The van der Waals surface area contributed by atoms with Crippen LogP contribution in [0, 0.1) is 11.3 Å². The van der Waals surface area contributed by atoms with Gasteiger partial charge in [-0.3, -0.25) is 14.6 Å². The Kier molecular flexibility index (Phi) is 7.78. The van der Waals surface area contributed by atoms with Gasteiger partial charge in [0.15, 0.2) is 11.9 Å². The van der Waals surface area contributed by atoms with Gasteiger partial charge >= 0.3 is 17.9 Å². The van der Waals surface area contributed by atoms with Crippen LogP contribution in [-0.2, 0) is 33.3 Å². The Morgan fingerprint density at radius 1 is 1.09 bits per heavy atom. The zero-order valence-corrected chi connectivity index (χ0v) is 24.4. The van der Waals surface area contributed by atoms with Crippen molar-refractivity contribution < 1.29 is 48.3 Å². The molecule has 1 saturated heterocycles. The molecule has 2 N–H and O–H groups in total. The monoisotopic (exact) mass is 593 g/mol. The summed E-state index contributed by atoms with van der Waals surface area (Å²) in [6.45, 7) is 5.09. The molecule has 1 aromatic carbocycles. The van der Waals surface area contributed by atoms with Crippen LogP contribution in [0.2, 0.25) is 0 Å². The van der Waals surface area contributed by atoms with Gasteiger partial charge in [0.2, 0.25) is 0 Å². The summed E-state index contributed by atoms with van der Waals surface area (Å²) >= 11 is 0. The van der Waals surface area contributed by atoms with Gasteiger partial charge < -0.3 is 29.2 Å². The first-order valence-corrected chi connectivity index (χ1v) is 14.1. The highest BCUT2D eigenvalue weighted by atomic mass is 16.6. The molecule has 11 nitrogen and oxygen atoms in total. The molecule has 1 aromatic heterocycles. The van der Waals surface area contributed by atoms with E-state index in [1.807, 2.05) is 6.07 Å². The van der Waals surface area contributed by atoms with Crippen molar-refractivity contribution in [3.63, 3.8) is 0 Å². The summed E-state index contributed by atoms with van der Waals surface area (Å²) in [5, 5.41) is 23.9. The average molecular weight is 594 g/mol. The largest absolute Gasteiger partial charge is 0.465 e. The number of benzene rings is 1. The normalized spacial score (nSPS) is 34.3. The first kappa shape index (κ1) is 30.5. The van der Waals surface area contributed by atoms with Crippen LogP contribution in [0.5, 0.6) is 0 Å². The summed E-state index contributed by atoms with van der Waals surface area (Å²) in [6, 6.07) is 12.0. The molecule has 7 atom stereocenters. The lowest BCUT2D eigenvalue weighted by atomic mass is 9.46. The smallest absolute Gasteiger partial charge is 0.340 e. The van der Waals surface area contributed by atoms with Gasteiger partial charge in [-0.05, 0) is 57.4 Å². The summed E-state index contributed by atoms with van der Waals surface area (Å²) < 4.78 is 23.9. The first-order chi connectivity index (χ1) is 20.3. The number of aromatic nitrogens is 1. The number of hydrogen-bond donors (Lipinski definition) is 2. The summed E-state index contributed by atoms with van der Waals surface area (Å²) in [4.78, 5) is 57.2. The van der Waals surface area contributed by atoms with E-state index in [0.29, 0.717) is 0 Å². The highest BCUT2D eigenvalue weighted by Crippen LogP contribution is 2.67. The minimum Gasteiger partial charge on any atom is -0.465 e. The number of ether oxygens (including phenoxy) is 4. The predicted octanol–water partition coefficient (Wildman–Crippen LogP) is 2.43. The highest BCUT2D eigenvalue weighted by Gasteiger charge is 2.85. The number of fused-ring (bicyclic) bond motifs is 1. The second-order valence-corrected chi connectivity index (χ2v) is 12.1. The van der Waals surface area contributed by atoms with Crippen molar-refractivity contribution in [2.75, 3.05) is 6.61 Å². The lowest BCUT2D eigenvalue weighted by Gasteiger charge is -2.63. The second kappa shape index (κ2) is 11.0. The molecule has 1 aliphatic heterocycles. The number of pyridine rings is 1. The molecule has 2 aliphatic carbocycles. The SMILES string of the molecule is CC(=O)OC[C@@]12[C@@H](OC(=O)/C=C/c3ccccc3)CC[C@](C)(O)[C@]13OC(C)(C)[C@H](C(=O)[C@H]2OC(=O)c1cccnc1)[C@H]3O. The zero-order valence-electron chi connectivity index (χ0n) is 24.4. The zero-order chi connectivity index (χ0) is 31.2. The lowest BCUT2D eigenvalue weighted by Crippen LogP contribution is -2.82. The Hall–Kier alpha value is -3.93. The number of hydrogen-bond acceptors (Lipinski definition) is 11. The average Bonchev–Trinajstić information content (AvgIpc) is 3.15. The molecule has 2 bridgehead atoms. The lowest BCUT2D eigenvalue weighted by molar-refractivity contribution is -0.334. The maximum atomic E-state index is 14.3. The van der Waals surface area contributed by atoms with E-state index in [2.05, 4.69) is 4.98 Å². The van der Waals surface area contributed by atoms with Gasteiger partial charge in [-0.25, -0.2) is 9.59 Å². The Labute approximate surface area is 248 Å². The molecule has 43 heavy (non-hydrogen) atoms. The van der Waals surface area contributed by atoms with Gasteiger partial charge in [-0.15, -0.1) is 0 Å². The summed E-state index contributed by atoms with van der Waals surface area (Å²) in [6.07, 6.45) is 0.729. The van der Waals surface area contributed by atoms with E-state index in [9.17, 15) is 29.4 Å². The van der Waals surface area contributed by atoms with Gasteiger partial charge in [-0.2, -0.15) is 0 Å². The van der Waals surface area contributed by atoms with Gasteiger partial charge in [0.25, 0.3) is 0 Å². The number of carbonyl (C=O) groups is 4. The Morgan fingerprint density at radius 2 is 1.81 bits per heavy atom. The standard InChI is InChI=1S/C32H35NO10/c1-19(34)40-18-31-22(41-23(35)13-12-20-9-6-5-7-10-20)14-15-30(4,39)32(31)26(37)24(29(2,3)43-32)25(36)27(31)42-28(38)21-11-8-16-33-17-21/h5-13,16-17,22,24,26-27,37,39H,14-15,18H2,1-4H3/b13-12+/t22-,24+,26+,27+,30-,31-,32-/m0/s1. The number of Topliss-reactive ketones (excluding diaryl/α,β-unsaturated/α-hetero) is 1. The molecule has 0 radical (unpaired) electrons. The topological polar surface area (TPSA) is 159 Å². The van der Waals surface area contributed by atoms with Crippen molar-refractivity contribution >= 4 is 29.8 Å². The van der Waals surface area contributed by atoms with Crippen LogP contribution >= 0.6 is 0 Å². The van der Waals surface area contributed by atoms with Crippen molar-refractivity contribution in [1.82, 2.24) is 4.98 Å². The van der Waals surface area contributed by atoms with Crippen LogP contribution in [0.3, 0.4) is 0 Å². The number of carbonyl (C=O) groups excluding carboxylic acids is 4. The van der Waals surface area contributed by atoms with E-state index in [-0.39, 0.29) is 18.4 Å². The Bertz CT molecular complexity index is 1440. The summed E-state index contributed by atoms with van der Waals surface area (Å²) in [7, 11) is 0. The quantitative estimate of drug-likeness (QED) is 0.276. The van der Waals surface area contributed by atoms with Crippen LogP contribution in [0.15, 0.2) is 60.9 Å². The first-order valence-electron chi connectivity index (χ1n) is 14.1. The van der Waals surface area contributed by atoms with Crippen LogP contribution < -0.4 is 0 Å². The molecule has 228 valence electrons. The number of ketones is 1. The minimum atomic E-state index is -2.07. The van der Waals surface area contributed by atoms with Crippen LogP contribution in [0.1, 0.15) is 56.5 Å². The number of nitrogens with zero attached hydrogens (tertiary/aromatic N) is 1. The molecule has 2 saturated carbocycles. The summed E-state index contributed by atoms with van der Waals surface area (Å²) in [5.74, 6) is -4.41. The molecule has 0 unspecified atom stereocenters. The molecular weight excluding hydrogens is 558 g/mol. The molecular formula is C32H35NO10. The minimum absolute atomic E-state index is 0.0213. The second-order valence-electron chi connectivity index (χ2n) is 12.1. The molecule has 2 aromatic rings. The number of esters is 3. The molecule has 3 fully saturated rings. The number of aliphatic hydroxyl groups is 2. The molecule has 11 heteroatoms.